The zero-order valence-electron chi connectivity index (χ0n) is 37.4. The van der Waals surface area contributed by atoms with E-state index in [1.807, 2.05) is 54.7 Å². The van der Waals surface area contributed by atoms with Gasteiger partial charge in [-0.1, -0.05) is 188 Å². The van der Waals surface area contributed by atoms with Gasteiger partial charge >= 0.3 is 0 Å². The predicted molar refractivity (Wildman–Crippen MR) is 279 cm³/mol. The summed E-state index contributed by atoms with van der Waals surface area (Å²) >= 11 is 0. The lowest BCUT2D eigenvalue weighted by atomic mass is 9.70. The van der Waals surface area contributed by atoms with E-state index in [4.69, 9.17) is 15.0 Å². The van der Waals surface area contributed by atoms with Gasteiger partial charge in [0.15, 0.2) is 5.82 Å². The van der Waals surface area contributed by atoms with Crippen molar-refractivity contribution in [3.8, 4) is 107 Å². The summed E-state index contributed by atoms with van der Waals surface area (Å²) in [6.45, 7) is 0. The Morgan fingerprint density at radius 2 is 0.768 bits per heavy atom. The molecule has 0 saturated heterocycles. The first-order chi connectivity index (χ1) is 34.1. The van der Waals surface area contributed by atoms with Gasteiger partial charge in [0.2, 0.25) is 0 Å². The van der Waals surface area contributed by atoms with Crippen LogP contribution in [0.1, 0.15) is 27.8 Å². The summed E-state index contributed by atoms with van der Waals surface area (Å²) in [5, 5.41) is 10.3. The van der Waals surface area contributed by atoms with Gasteiger partial charge in [-0.3, -0.25) is 4.98 Å². The molecule has 11 aromatic rings. The van der Waals surface area contributed by atoms with Gasteiger partial charge in [0.25, 0.3) is 0 Å². The molecular formula is C65H40N4. The van der Waals surface area contributed by atoms with E-state index in [1.165, 1.54) is 38.9 Å². The van der Waals surface area contributed by atoms with Crippen molar-refractivity contribution in [1.29, 1.82) is 5.26 Å². The Kier molecular flexibility index (Phi) is 9.42. The molecule has 0 amide bonds. The number of hydrogen-bond acceptors (Lipinski definition) is 4. The zero-order chi connectivity index (χ0) is 45.9. The van der Waals surface area contributed by atoms with Gasteiger partial charge in [0, 0.05) is 34.0 Å². The Balaban J connectivity index is 1.02. The van der Waals surface area contributed by atoms with Crippen LogP contribution in [0.15, 0.2) is 243 Å². The van der Waals surface area contributed by atoms with E-state index >= 15 is 0 Å². The van der Waals surface area contributed by atoms with Gasteiger partial charge in [0.05, 0.1) is 34.1 Å². The summed E-state index contributed by atoms with van der Waals surface area (Å²) in [7, 11) is 0. The van der Waals surface area contributed by atoms with Crippen LogP contribution in [0, 0.1) is 11.3 Å². The second-order valence-corrected chi connectivity index (χ2v) is 17.8. The number of benzene rings is 9. The number of pyridine rings is 1. The first-order valence-electron chi connectivity index (χ1n) is 23.3. The van der Waals surface area contributed by atoms with Crippen LogP contribution >= 0.6 is 0 Å². The van der Waals surface area contributed by atoms with Crippen LogP contribution in [0.4, 0.5) is 0 Å². The van der Waals surface area contributed by atoms with Crippen molar-refractivity contribution in [2.24, 2.45) is 0 Å². The van der Waals surface area contributed by atoms with Gasteiger partial charge in [-0.15, -0.1) is 0 Å². The summed E-state index contributed by atoms with van der Waals surface area (Å²) in [5.41, 5.74) is 22.7. The van der Waals surface area contributed by atoms with Gasteiger partial charge in [-0.2, -0.15) is 5.26 Å². The van der Waals surface area contributed by atoms with Crippen molar-refractivity contribution in [3.63, 3.8) is 0 Å². The first-order valence-corrected chi connectivity index (χ1v) is 23.3. The largest absolute Gasteiger partial charge is 0.256 e. The van der Waals surface area contributed by atoms with Gasteiger partial charge in [-0.05, 0) is 121 Å². The minimum Gasteiger partial charge on any atom is -0.256 e. The molecule has 4 nitrogen and oxygen atoms in total. The normalized spacial score (nSPS) is 12.4. The van der Waals surface area contributed by atoms with Crippen LogP contribution in [-0.2, 0) is 5.41 Å². The maximum absolute atomic E-state index is 10.3. The van der Waals surface area contributed by atoms with E-state index in [9.17, 15) is 5.26 Å². The van der Waals surface area contributed by atoms with Crippen molar-refractivity contribution in [2.45, 2.75) is 5.41 Å². The molecule has 2 aliphatic carbocycles. The summed E-state index contributed by atoms with van der Waals surface area (Å²) < 4.78 is 0. The quantitative estimate of drug-likeness (QED) is 0.160. The minimum absolute atomic E-state index is 0.611. The van der Waals surface area contributed by atoms with Crippen LogP contribution in [0.5, 0.6) is 0 Å². The third-order valence-corrected chi connectivity index (χ3v) is 14.0. The zero-order valence-corrected chi connectivity index (χ0v) is 37.4. The lowest BCUT2D eigenvalue weighted by Crippen LogP contribution is -2.26. The molecule has 9 aromatic carbocycles. The third kappa shape index (κ3) is 6.63. The third-order valence-electron chi connectivity index (χ3n) is 14.0. The Hall–Kier alpha value is -9.30. The van der Waals surface area contributed by atoms with Crippen LogP contribution in [0.3, 0.4) is 0 Å². The molecule has 0 fully saturated rings. The second-order valence-electron chi connectivity index (χ2n) is 17.8. The maximum atomic E-state index is 10.3. The molecule has 0 aliphatic heterocycles. The van der Waals surface area contributed by atoms with Gasteiger partial charge in [-0.25, -0.2) is 9.97 Å². The van der Waals surface area contributed by atoms with E-state index in [2.05, 4.69) is 194 Å². The topological polar surface area (TPSA) is 62.5 Å². The van der Waals surface area contributed by atoms with Crippen molar-refractivity contribution in [2.75, 3.05) is 0 Å². The summed E-state index contributed by atoms with van der Waals surface area (Å²) in [4.78, 5) is 15.5. The second kappa shape index (κ2) is 16.2. The molecule has 320 valence electrons. The summed E-state index contributed by atoms with van der Waals surface area (Å²) in [6.07, 6.45) is 1.98. The molecule has 0 radical (unpaired) electrons. The molecule has 4 heteroatoms. The Morgan fingerprint density at radius 1 is 0.304 bits per heavy atom. The van der Waals surface area contributed by atoms with Crippen LogP contribution in [0.25, 0.3) is 101 Å². The van der Waals surface area contributed by atoms with E-state index in [0.29, 0.717) is 11.4 Å². The molecule has 0 unspecified atom stereocenters. The lowest BCUT2D eigenvalue weighted by Gasteiger charge is -2.30. The molecule has 0 bridgehead atoms. The highest BCUT2D eigenvalue weighted by Crippen LogP contribution is 2.63. The SMILES string of the molecule is N#Cc1ccc2c(c1)C1(c3ccccc3-c3ccccc31)c1cc(-c3cc(-c4ccc(-c5ccccc5)nc4)cc(-c4cc(-c5ccc(-c6ccccc6)cc5)nc(-c5ccccc5)n4)c3)ccc1-2. The standard InChI is InChI=1S/C65H40N4/c66-40-42-24-31-55-56-32-29-48(38-60(56)65(59(55)34-42)57-22-12-10-20-53(57)54-21-11-13-23-58(54)65)50-35-51(49-30-33-61(67-41-49)45-16-6-2-7-17-45)37-52(36-50)63-39-62(68-64(69-63)47-18-8-3-9-19-47)46-27-25-44(26-28-46)43-14-4-1-5-15-43/h1-39,41H. The van der Waals surface area contributed by atoms with E-state index in [1.54, 1.807) is 0 Å². The molecule has 69 heavy (non-hydrogen) atoms. The minimum atomic E-state index is -0.611. The van der Waals surface area contributed by atoms with Crippen LogP contribution in [0.2, 0.25) is 0 Å². The van der Waals surface area contributed by atoms with Gasteiger partial charge < -0.3 is 0 Å². The number of nitriles is 1. The molecule has 2 aliphatic rings. The number of hydrogen-bond donors (Lipinski definition) is 0. The number of nitrogens with zero attached hydrogens (tertiary/aromatic N) is 4. The summed E-state index contributed by atoms with van der Waals surface area (Å²) in [5.74, 6) is 0.656. The average Bonchev–Trinajstić information content (AvgIpc) is 3.90. The number of rotatable bonds is 7. The fourth-order valence-corrected chi connectivity index (χ4v) is 10.8. The van der Waals surface area contributed by atoms with E-state index in [0.717, 1.165) is 78.3 Å². The van der Waals surface area contributed by atoms with E-state index < -0.39 is 5.41 Å². The molecule has 0 saturated carbocycles. The van der Waals surface area contributed by atoms with Crippen molar-refractivity contribution in [1.82, 2.24) is 15.0 Å². The average molecular weight is 877 g/mol. The first kappa shape index (κ1) is 40.0. The Morgan fingerprint density at radius 3 is 1.41 bits per heavy atom. The molecule has 1 spiro atoms. The molecule has 0 N–H and O–H groups in total. The molecule has 0 atom stereocenters. The van der Waals surface area contributed by atoms with Gasteiger partial charge in [0.1, 0.15) is 0 Å². The van der Waals surface area contributed by atoms with Crippen LogP contribution < -0.4 is 0 Å². The Bertz CT molecular complexity index is 3770. The highest BCUT2D eigenvalue weighted by Gasteiger charge is 2.51. The summed E-state index contributed by atoms with van der Waals surface area (Å²) in [6, 6.07) is 86.0. The lowest BCUT2D eigenvalue weighted by molar-refractivity contribution is 0.793. The van der Waals surface area contributed by atoms with Crippen molar-refractivity contribution in [3.05, 3.63) is 271 Å². The monoisotopic (exact) mass is 876 g/mol. The van der Waals surface area contributed by atoms with Crippen molar-refractivity contribution < 1.29 is 0 Å². The highest BCUT2D eigenvalue weighted by molar-refractivity contribution is 5.96. The fraction of sp³-hybridized carbons (Fsp3) is 0.0154. The van der Waals surface area contributed by atoms with E-state index in [-0.39, 0.29) is 0 Å². The predicted octanol–water partition coefficient (Wildman–Crippen LogP) is 15.8. The smallest absolute Gasteiger partial charge is 0.160 e. The maximum Gasteiger partial charge on any atom is 0.160 e. The van der Waals surface area contributed by atoms with Crippen molar-refractivity contribution >= 4 is 0 Å². The molecular weight excluding hydrogens is 837 g/mol. The van der Waals surface area contributed by atoms with Crippen LogP contribution in [-0.4, -0.2) is 15.0 Å². The fourth-order valence-electron chi connectivity index (χ4n) is 10.8. The Labute approximate surface area is 401 Å². The highest BCUT2D eigenvalue weighted by atomic mass is 14.9. The number of aromatic nitrogens is 3. The molecule has 2 aromatic heterocycles. The molecule has 2 heterocycles. The number of fused-ring (bicyclic) bond motifs is 10. The molecule has 13 rings (SSSR count).